The molecule has 2 rings (SSSR count). The fourth-order valence-electron chi connectivity index (χ4n) is 2.53. The van der Waals surface area contributed by atoms with E-state index in [1.54, 1.807) is 0 Å². The van der Waals surface area contributed by atoms with Gasteiger partial charge >= 0.3 is 0 Å². The Labute approximate surface area is 124 Å². The lowest BCUT2D eigenvalue weighted by molar-refractivity contribution is 0.222. The van der Waals surface area contributed by atoms with Gasteiger partial charge in [0.2, 0.25) is 0 Å². The molecule has 0 N–H and O–H groups in total. The molecule has 0 atom stereocenters. The summed E-state index contributed by atoms with van der Waals surface area (Å²) in [5, 5.41) is 0. The highest BCUT2D eigenvalue weighted by molar-refractivity contribution is 9.10. The van der Waals surface area contributed by atoms with Crippen LogP contribution in [0.5, 0.6) is 0 Å². The molecule has 106 valence electrons. The zero-order chi connectivity index (χ0) is 13.8. The molecule has 1 aliphatic rings. The van der Waals surface area contributed by atoms with E-state index in [-0.39, 0.29) is 0 Å². The van der Waals surface area contributed by atoms with Gasteiger partial charge in [-0.1, -0.05) is 6.92 Å². The number of hydrogen-bond acceptors (Lipinski definition) is 4. The molecule has 0 bridgehead atoms. The largest absolute Gasteiger partial charge is 0.359 e. The summed E-state index contributed by atoms with van der Waals surface area (Å²) in [5.41, 5.74) is 0. The van der Waals surface area contributed by atoms with Crippen molar-refractivity contribution in [3.8, 4) is 0 Å². The zero-order valence-electron chi connectivity index (χ0n) is 12.1. The second-order valence-electron chi connectivity index (χ2n) is 5.45. The topological polar surface area (TPSA) is 32.3 Å². The van der Waals surface area contributed by atoms with Gasteiger partial charge in [0.15, 0.2) is 0 Å². The summed E-state index contributed by atoms with van der Waals surface area (Å²) in [6.45, 7) is 5.60. The van der Waals surface area contributed by atoms with Crippen LogP contribution in [0.2, 0.25) is 0 Å². The van der Waals surface area contributed by atoms with Crippen LogP contribution in [0.1, 0.15) is 25.6 Å². The van der Waals surface area contributed by atoms with Gasteiger partial charge in [-0.2, -0.15) is 0 Å². The van der Waals surface area contributed by atoms with Gasteiger partial charge < -0.3 is 9.80 Å². The Bertz CT molecular complexity index is 416. The zero-order valence-corrected chi connectivity index (χ0v) is 13.7. The van der Waals surface area contributed by atoms with Crippen LogP contribution in [0.3, 0.4) is 0 Å². The molecule has 0 unspecified atom stereocenters. The van der Waals surface area contributed by atoms with Crippen LogP contribution in [0, 0.1) is 5.92 Å². The van der Waals surface area contributed by atoms with Crippen molar-refractivity contribution in [3.63, 3.8) is 0 Å². The van der Waals surface area contributed by atoms with Crippen LogP contribution in [0.15, 0.2) is 10.7 Å². The first-order valence-corrected chi connectivity index (χ1v) is 7.81. The molecule has 1 aliphatic heterocycles. The third-order valence-electron chi connectivity index (χ3n) is 3.81. The van der Waals surface area contributed by atoms with Crippen LogP contribution in [-0.2, 0) is 6.42 Å². The van der Waals surface area contributed by atoms with E-state index in [9.17, 15) is 0 Å². The van der Waals surface area contributed by atoms with Crippen LogP contribution in [0.25, 0.3) is 0 Å². The van der Waals surface area contributed by atoms with Crippen molar-refractivity contribution in [2.24, 2.45) is 5.92 Å². The van der Waals surface area contributed by atoms with E-state index in [4.69, 9.17) is 0 Å². The van der Waals surface area contributed by atoms with Gasteiger partial charge in [0.1, 0.15) is 16.2 Å². The second kappa shape index (κ2) is 6.66. The SMILES string of the molecule is CCc1nc(Br)cc(N(C)CC2CCN(C)CC2)n1. The van der Waals surface area contributed by atoms with E-state index in [2.05, 4.69) is 56.7 Å². The summed E-state index contributed by atoms with van der Waals surface area (Å²) in [6.07, 6.45) is 3.44. The van der Waals surface area contributed by atoms with Crippen LogP contribution >= 0.6 is 15.9 Å². The van der Waals surface area contributed by atoms with Crippen molar-refractivity contribution in [3.05, 3.63) is 16.5 Å². The standard InChI is InChI=1S/C14H23BrN4/c1-4-13-16-12(15)9-14(17-13)19(3)10-11-5-7-18(2)8-6-11/h9,11H,4-8,10H2,1-3H3. The van der Waals surface area contributed by atoms with Gasteiger partial charge in [0.25, 0.3) is 0 Å². The van der Waals surface area contributed by atoms with Gasteiger partial charge in [-0.25, -0.2) is 9.97 Å². The highest BCUT2D eigenvalue weighted by Gasteiger charge is 2.19. The lowest BCUT2D eigenvalue weighted by atomic mass is 9.97. The van der Waals surface area contributed by atoms with Gasteiger partial charge in [-0.3, -0.25) is 0 Å². The van der Waals surface area contributed by atoms with Crippen molar-refractivity contribution in [2.45, 2.75) is 26.2 Å². The number of likely N-dealkylation sites (tertiary alicyclic amines) is 1. The smallest absolute Gasteiger partial charge is 0.133 e. The Morgan fingerprint density at radius 2 is 2.05 bits per heavy atom. The Kier molecular flexibility index (Phi) is 5.16. The summed E-state index contributed by atoms with van der Waals surface area (Å²) in [4.78, 5) is 13.6. The van der Waals surface area contributed by atoms with Crippen molar-refractivity contribution in [1.82, 2.24) is 14.9 Å². The fourth-order valence-corrected chi connectivity index (χ4v) is 2.94. The van der Waals surface area contributed by atoms with Crippen LogP contribution < -0.4 is 4.90 Å². The average molecular weight is 327 g/mol. The molecule has 0 amide bonds. The van der Waals surface area contributed by atoms with E-state index >= 15 is 0 Å². The molecular weight excluding hydrogens is 304 g/mol. The maximum atomic E-state index is 4.61. The number of rotatable bonds is 4. The summed E-state index contributed by atoms with van der Waals surface area (Å²) in [7, 11) is 4.33. The molecule has 2 heterocycles. The number of anilines is 1. The molecule has 4 nitrogen and oxygen atoms in total. The maximum Gasteiger partial charge on any atom is 0.133 e. The molecule has 1 fully saturated rings. The third kappa shape index (κ3) is 4.14. The molecule has 0 saturated carbocycles. The molecule has 1 aromatic rings. The molecule has 1 aromatic heterocycles. The number of nitrogens with zero attached hydrogens (tertiary/aromatic N) is 4. The number of halogens is 1. The molecule has 0 radical (unpaired) electrons. The summed E-state index contributed by atoms with van der Waals surface area (Å²) in [6, 6.07) is 2.01. The van der Waals surface area contributed by atoms with E-state index in [0.717, 1.165) is 35.1 Å². The van der Waals surface area contributed by atoms with E-state index in [0.29, 0.717) is 0 Å². The van der Waals surface area contributed by atoms with Gasteiger partial charge in [-0.15, -0.1) is 0 Å². The van der Waals surface area contributed by atoms with Crippen molar-refractivity contribution >= 4 is 21.7 Å². The lowest BCUT2D eigenvalue weighted by Gasteiger charge is -2.32. The normalized spacial score (nSPS) is 17.7. The van der Waals surface area contributed by atoms with Gasteiger partial charge in [0, 0.05) is 26.1 Å². The third-order valence-corrected chi connectivity index (χ3v) is 4.21. The first-order chi connectivity index (χ1) is 9.08. The number of hydrogen-bond donors (Lipinski definition) is 0. The summed E-state index contributed by atoms with van der Waals surface area (Å²) in [5.74, 6) is 2.71. The quantitative estimate of drug-likeness (QED) is 0.796. The Morgan fingerprint density at radius 1 is 1.37 bits per heavy atom. The first-order valence-electron chi connectivity index (χ1n) is 7.01. The predicted octanol–water partition coefficient (Wildman–Crippen LogP) is 2.58. The number of piperidine rings is 1. The Balaban J connectivity index is 1.99. The minimum atomic E-state index is 0.778. The lowest BCUT2D eigenvalue weighted by Crippen LogP contribution is -2.36. The maximum absolute atomic E-state index is 4.61. The fraction of sp³-hybridized carbons (Fsp3) is 0.714. The molecule has 19 heavy (non-hydrogen) atoms. The molecule has 0 aromatic carbocycles. The molecule has 0 spiro atoms. The van der Waals surface area contributed by atoms with Crippen molar-refractivity contribution < 1.29 is 0 Å². The Hall–Kier alpha value is -0.680. The molecule has 1 saturated heterocycles. The first kappa shape index (κ1) is 14.7. The highest BCUT2D eigenvalue weighted by atomic mass is 79.9. The van der Waals surface area contributed by atoms with Crippen LogP contribution in [0.4, 0.5) is 5.82 Å². The van der Waals surface area contributed by atoms with E-state index in [1.165, 1.54) is 25.9 Å². The minimum absolute atomic E-state index is 0.778. The summed E-state index contributed by atoms with van der Waals surface area (Å²) >= 11 is 3.47. The van der Waals surface area contributed by atoms with E-state index < -0.39 is 0 Å². The van der Waals surface area contributed by atoms with Crippen molar-refractivity contribution in [1.29, 1.82) is 0 Å². The van der Waals surface area contributed by atoms with Gasteiger partial charge in [-0.05, 0) is 54.8 Å². The molecule has 0 aliphatic carbocycles. The van der Waals surface area contributed by atoms with E-state index in [1.807, 2.05) is 6.07 Å². The monoisotopic (exact) mass is 326 g/mol. The molecule has 5 heteroatoms. The number of aromatic nitrogens is 2. The second-order valence-corrected chi connectivity index (χ2v) is 6.26. The number of aryl methyl sites for hydroxylation is 1. The van der Waals surface area contributed by atoms with Gasteiger partial charge in [0.05, 0.1) is 0 Å². The van der Waals surface area contributed by atoms with Crippen molar-refractivity contribution in [2.75, 3.05) is 38.6 Å². The highest BCUT2D eigenvalue weighted by Crippen LogP contribution is 2.21. The predicted molar refractivity (Wildman–Crippen MR) is 82.6 cm³/mol. The Morgan fingerprint density at radius 3 is 2.68 bits per heavy atom. The molecular formula is C14H23BrN4. The summed E-state index contributed by atoms with van der Waals surface area (Å²) < 4.78 is 0.879. The minimum Gasteiger partial charge on any atom is -0.359 e. The average Bonchev–Trinajstić information content (AvgIpc) is 2.40. The van der Waals surface area contributed by atoms with Crippen LogP contribution in [-0.4, -0.2) is 48.6 Å².